The Morgan fingerprint density at radius 2 is 2.29 bits per heavy atom. The number of piperidine rings is 1. The lowest BCUT2D eigenvalue weighted by atomic mass is 9.90. The van der Waals surface area contributed by atoms with Crippen LogP contribution in [0.2, 0.25) is 0 Å². The van der Waals surface area contributed by atoms with Gasteiger partial charge in [-0.2, -0.15) is 0 Å². The zero-order valence-electron chi connectivity index (χ0n) is 10.9. The summed E-state index contributed by atoms with van der Waals surface area (Å²) < 4.78 is 5.46. The molecule has 0 aromatic carbocycles. The van der Waals surface area contributed by atoms with Crippen LogP contribution in [0.5, 0.6) is 0 Å². The molecule has 2 heterocycles. The lowest BCUT2D eigenvalue weighted by Crippen LogP contribution is -2.48. The molecule has 0 saturated carbocycles. The number of carbonyl (C=O) groups excluding carboxylic acids is 1. The van der Waals surface area contributed by atoms with E-state index in [2.05, 4.69) is 12.2 Å². The second-order valence-electron chi connectivity index (χ2n) is 5.41. The van der Waals surface area contributed by atoms with Gasteiger partial charge in [-0.05, 0) is 32.2 Å². The maximum absolute atomic E-state index is 12.2. The molecule has 0 aliphatic carbocycles. The highest BCUT2D eigenvalue weighted by molar-refractivity contribution is 5.77. The van der Waals surface area contributed by atoms with Gasteiger partial charge < -0.3 is 15.0 Å². The third-order valence-electron chi connectivity index (χ3n) is 3.92. The van der Waals surface area contributed by atoms with Crippen molar-refractivity contribution >= 4 is 5.91 Å². The molecule has 0 bridgehead atoms. The molecule has 1 amide bonds. The number of ether oxygens (including phenoxy) is 1. The van der Waals surface area contributed by atoms with Crippen molar-refractivity contribution in [1.82, 2.24) is 10.2 Å². The Balaban J connectivity index is 1.83. The fourth-order valence-electron chi connectivity index (χ4n) is 2.75. The van der Waals surface area contributed by atoms with Crippen LogP contribution in [0.1, 0.15) is 33.1 Å². The summed E-state index contributed by atoms with van der Waals surface area (Å²) in [5.74, 6) is 0.901. The molecular weight excluding hydrogens is 216 g/mol. The van der Waals surface area contributed by atoms with Crippen molar-refractivity contribution in [3.8, 4) is 0 Å². The third kappa shape index (κ3) is 3.42. The minimum Gasteiger partial charge on any atom is -0.375 e. The van der Waals surface area contributed by atoms with Crippen LogP contribution in [0, 0.1) is 5.92 Å². The van der Waals surface area contributed by atoms with E-state index in [1.807, 2.05) is 11.8 Å². The molecule has 0 aromatic rings. The quantitative estimate of drug-likeness (QED) is 0.783. The van der Waals surface area contributed by atoms with E-state index in [-0.39, 0.29) is 12.0 Å². The van der Waals surface area contributed by atoms with Crippen molar-refractivity contribution in [2.75, 3.05) is 26.2 Å². The number of morpholine rings is 1. The second kappa shape index (κ2) is 5.83. The summed E-state index contributed by atoms with van der Waals surface area (Å²) in [7, 11) is 0. The summed E-state index contributed by atoms with van der Waals surface area (Å²) in [5, 5.41) is 3.47. The maximum Gasteiger partial charge on any atom is 0.224 e. The highest BCUT2D eigenvalue weighted by Gasteiger charge is 2.27. The Hall–Kier alpha value is -0.610. The fourth-order valence-corrected chi connectivity index (χ4v) is 2.75. The van der Waals surface area contributed by atoms with E-state index in [0.29, 0.717) is 25.0 Å². The van der Waals surface area contributed by atoms with Crippen molar-refractivity contribution in [2.45, 2.75) is 45.3 Å². The molecule has 98 valence electrons. The summed E-state index contributed by atoms with van der Waals surface area (Å²) >= 11 is 0. The Morgan fingerprint density at radius 3 is 3.00 bits per heavy atom. The van der Waals surface area contributed by atoms with Gasteiger partial charge in [-0.3, -0.25) is 4.79 Å². The van der Waals surface area contributed by atoms with Crippen LogP contribution in [-0.4, -0.2) is 49.2 Å². The van der Waals surface area contributed by atoms with Gasteiger partial charge in [-0.1, -0.05) is 6.92 Å². The number of rotatable bonds is 2. The average molecular weight is 240 g/mol. The molecule has 0 aromatic heterocycles. The summed E-state index contributed by atoms with van der Waals surface area (Å²) in [5.41, 5.74) is 0. The number of hydrogen-bond acceptors (Lipinski definition) is 3. The molecule has 17 heavy (non-hydrogen) atoms. The molecule has 4 nitrogen and oxygen atoms in total. The van der Waals surface area contributed by atoms with E-state index >= 15 is 0 Å². The number of amides is 1. The fraction of sp³-hybridized carbons (Fsp3) is 0.923. The van der Waals surface area contributed by atoms with E-state index in [1.165, 1.54) is 12.8 Å². The standard InChI is InChI=1S/C13H24N2O2/c1-10-4-3-5-14-12(10)8-13(16)15-6-7-17-11(2)9-15/h10-12,14H,3-9H2,1-2H3. The number of nitrogens with one attached hydrogen (secondary N) is 1. The smallest absolute Gasteiger partial charge is 0.224 e. The monoisotopic (exact) mass is 240 g/mol. The summed E-state index contributed by atoms with van der Waals surface area (Å²) in [4.78, 5) is 14.1. The molecule has 1 N–H and O–H groups in total. The molecule has 2 rings (SSSR count). The van der Waals surface area contributed by atoms with E-state index in [4.69, 9.17) is 4.74 Å². The van der Waals surface area contributed by atoms with Crippen LogP contribution in [0.25, 0.3) is 0 Å². The van der Waals surface area contributed by atoms with Crippen LogP contribution in [-0.2, 0) is 9.53 Å². The third-order valence-corrected chi connectivity index (χ3v) is 3.92. The highest BCUT2D eigenvalue weighted by atomic mass is 16.5. The predicted octanol–water partition coefficient (Wildman–Crippen LogP) is 1.01. The molecule has 2 saturated heterocycles. The molecule has 3 unspecified atom stereocenters. The minimum atomic E-state index is 0.185. The topological polar surface area (TPSA) is 41.6 Å². The van der Waals surface area contributed by atoms with Crippen molar-refractivity contribution in [1.29, 1.82) is 0 Å². The predicted molar refractivity (Wildman–Crippen MR) is 66.8 cm³/mol. The SMILES string of the molecule is CC1CN(C(=O)CC2NCCCC2C)CCO1. The Morgan fingerprint density at radius 1 is 1.47 bits per heavy atom. The molecule has 2 aliphatic rings. The van der Waals surface area contributed by atoms with E-state index in [1.54, 1.807) is 0 Å². The van der Waals surface area contributed by atoms with Crippen LogP contribution in [0.15, 0.2) is 0 Å². The van der Waals surface area contributed by atoms with Crippen LogP contribution < -0.4 is 5.32 Å². The first-order valence-corrected chi connectivity index (χ1v) is 6.79. The molecule has 2 fully saturated rings. The maximum atomic E-state index is 12.2. The van der Waals surface area contributed by atoms with Gasteiger partial charge in [0.2, 0.25) is 5.91 Å². The van der Waals surface area contributed by atoms with Crippen molar-refractivity contribution in [3.63, 3.8) is 0 Å². The first-order valence-electron chi connectivity index (χ1n) is 6.79. The van der Waals surface area contributed by atoms with Crippen molar-refractivity contribution < 1.29 is 9.53 Å². The zero-order valence-corrected chi connectivity index (χ0v) is 10.9. The van der Waals surface area contributed by atoms with Crippen molar-refractivity contribution in [2.24, 2.45) is 5.92 Å². The lowest BCUT2D eigenvalue weighted by molar-refractivity contribution is -0.139. The highest BCUT2D eigenvalue weighted by Crippen LogP contribution is 2.19. The second-order valence-corrected chi connectivity index (χ2v) is 5.41. The van der Waals surface area contributed by atoms with E-state index < -0.39 is 0 Å². The molecule has 3 atom stereocenters. The van der Waals surface area contributed by atoms with Gasteiger partial charge in [0, 0.05) is 25.6 Å². The molecule has 2 aliphatic heterocycles. The molecule has 0 spiro atoms. The molecular formula is C13H24N2O2. The van der Waals surface area contributed by atoms with Crippen LogP contribution in [0.3, 0.4) is 0 Å². The van der Waals surface area contributed by atoms with Gasteiger partial charge in [0.25, 0.3) is 0 Å². The number of nitrogens with zero attached hydrogens (tertiary/aromatic N) is 1. The average Bonchev–Trinajstić information content (AvgIpc) is 2.32. The first-order chi connectivity index (χ1) is 8.16. The Bertz CT molecular complexity index is 270. The van der Waals surface area contributed by atoms with Gasteiger partial charge in [0.15, 0.2) is 0 Å². The lowest BCUT2D eigenvalue weighted by Gasteiger charge is -2.35. The van der Waals surface area contributed by atoms with Crippen LogP contribution >= 0.6 is 0 Å². The van der Waals surface area contributed by atoms with Gasteiger partial charge in [0.1, 0.15) is 0 Å². The van der Waals surface area contributed by atoms with Gasteiger partial charge in [-0.25, -0.2) is 0 Å². The summed E-state index contributed by atoms with van der Waals surface area (Å²) in [6, 6.07) is 0.370. The van der Waals surface area contributed by atoms with Crippen molar-refractivity contribution in [3.05, 3.63) is 0 Å². The summed E-state index contributed by atoms with van der Waals surface area (Å²) in [6.07, 6.45) is 3.31. The van der Waals surface area contributed by atoms with Gasteiger partial charge in [0.05, 0.1) is 12.7 Å². The van der Waals surface area contributed by atoms with E-state index in [0.717, 1.165) is 19.6 Å². The normalized spacial score (nSPS) is 34.7. The first kappa shape index (κ1) is 12.8. The number of hydrogen-bond donors (Lipinski definition) is 1. The van der Waals surface area contributed by atoms with E-state index in [9.17, 15) is 4.79 Å². The zero-order chi connectivity index (χ0) is 12.3. The largest absolute Gasteiger partial charge is 0.375 e. The summed E-state index contributed by atoms with van der Waals surface area (Å²) in [6.45, 7) is 7.51. The van der Waals surface area contributed by atoms with Crippen LogP contribution in [0.4, 0.5) is 0 Å². The molecule has 4 heteroatoms. The van der Waals surface area contributed by atoms with Gasteiger partial charge >= 0.3 is 0 Å². The molecule has 0 radical (unpaired) electrons. The Labute approximate surface area is 104 Å². The van der Waals surface area contributed by atoms with Gasteiger partial charge in [-0.15, -0.1) is 0 Å². The Kier molecular flexibility index (Phi) is 4.40. The minimum absolute atomic E-state index is 0.185. The number of carbonyl (C=O) groups is 1.